The molecule has 0 unspecified atom stereocenters. The van der Waals surface area contributed by atoms with Gasteiger partial charge in [-0.05, 0) is 63.1 Å². The van der Waals surface area contributed by atoms with Crippen LogP contribution in [-0.2, 0) is 19.6 Å². The van der Waals surface area contributed by atoms with E-state index in [-0.39, 0.29) is 37.1 Å². The number of Topliss-reactive ketones (excluding diaryl/α,β-unsaturated/α-hetero) is 1. The van der Waals surface area contributed by atoms with Crippen LogP contribution in [0.25, 0.3) is 0 Å². The number of nitrogens with zero attached hydrogens (tertiary/aromatic N) is 3. The summed E-state index contributed by atoms with van der Waals surface area (Å²) in [5.74, 6) is -0.707. The molecule has 2 aromatic carbocycles. The predicted octanol–water partition coefficient (Wildman–Crippen LogP) is 2.45. The van der Waals surface area contributed by atoms with Crippen molar-refractivity contribution < 1.29 is 22.8 Å². The Labute approximate surface area is 200 Å². The Hall–Kier alpha value is -2.88. The number of rotatable bonds is 5. The second kappa shape index (κ2) is 9.05. The van der Waals surface area contributed by atoms with Crippen LogP contribution >= 0.6 is 0 Å². The predicted molar refractivity (Wildman–Crippen MR) is 128 cm³/mol. The average molecular weight is 484 g/mol. The van der Waals surface area contributed by atoms with Gasteiger partial charge in [0, 0.05) is 31.7 Å². The van der Waals surface area contributed by atoms with Crippen LogP contribution in [0.5, 0.6) is 0 Å². The van der Waals surface area contributed by atoms with E-state index in [2.05, 4.69) is 0 Å². The normalized spacial score (nSPS) is 20.2. The van der Waals surface area contributed by atoms with Gasteiger partial charge in [-0.15, -0.1) is 0 Å². The van der Waals surface area contributed by atoms with Crippen LogP contribution in [0.15, 0.2) is 41.3 Å². The molecule has 1 atom stereocenters. The molecule has 2 saturated heterocycles. The smallest absolute Gasteiger partial charge is 0.251 e. The van der Waals surface area contributed by atoms with Gasteiger partial charge in [0.05, 0.1) is 23.0 Å². The number of imide groups is 1. The largest absolute Gasteiger partial charge is 0.295 e. The lowest BCUT2D eigenvalue weighted by atomic mass is 10.1. The number of aryl methyl sites for hydroxylation is 3. The van der Waals surface area contributed by atoms with Crippen LogP contribution in [0.4, 0.5) is 5.69 Å². The van der Waals surface area contributed by atoms with Crippen molar-refractivity contribution in [2.24, 2.45) is 0 Å². The number of sulfonamides is 1. The van der Waals surface area contributed by atoms with E-state index in [0.29, 0.717) is 29.2 Å². The third-order valence-electron chi connectivity index (χ3n) is 6.57. The highest BCUT2D eigenvalue weighted by atomic mass is 32.2. The van der Waals surface area contributed by atoms with Crippen molar-refractivity contribution in [1.82, 2.24) is 9.21 Å². The molecule has 0 bridgehead atoms. The minimum Gasteiger partial charge on any atom is -0.295 e. The van der Waals surface area contributed by atoms with Gasteiger partial charge in [0.15, 0.2) is 5.78 Å². The fraction of sp³-hybridized carbons (Fsp3) is 0.400. The molecule has 2 fully saturated rings. The van der Waals surface area contributed by atoms with E-state index in [1.807, 2.05) is 37.8 Å². The van der Waals surface area contributed by atoms with E-state index in [9.17, 15) is 22.8 Å². The van der Waals surface area contributed by atoms with Gasteiger partial charge in [0.25, 0.3) is 5.91 Å². The van der Waals surface area contributed by atoms with Gasteiger partial charge in [-0.2, -0.15) is 4.31 Å². The minimum absolute atomic E-state index is 0.0518. The summed E-state index contributed by atoms with van der Waals surface area (Å²) in [5, 5.41) is 0. The highest BCUT2D eigenvalue weighted by Crippen LogP contribution is 2.29. The zero-order valence-corrected chi connectivity index (χ0v) is 20.7. The van der Waals surface area contributed by atoms with E-state index in [1.54, 1.807) is 24.3 Å². The Morgan fingerprint density at radius 1 is 0.912 bits per heavy atom. The summed E-state index contributed by atoms with van der Waals surface area (Å²) in [6.07, 6.45) is 0.0518. The molecule has 9 heteroatoms. The topological polar surface area (TPSA) is 95.1 Å². The summed E-state index contributed by atoms with van der Waals surface area (Å²) in [6.45, 7) is 8.25. The number of carbonyl (C=O) groups is 3. The molecule has 0 saturated carbocycles. The Kier molecular flexibility index (Phi) is 6.46. The minimum atomic E-state index is -3.66. The summed E-state index contributed by atoms with van der Waals surface area (Å²) in [6, 6.07) is 9.53. The van der Waals surface area contributed by atoms with Crippen molar-refractivity contribution in [3.05, 3.63) is 58.7 Å². The lowest BCUT2D eigenvalue weighted by molar-refractivity contribution is -0.123. The molecular weight excluding hydrogens is 454 g/mol. The lowest BCUT2D eigenvalue weighted by Gasteiger charge is -2.36. The summed E-state index contributed by atoms with van der Waals surface area (Å²) < 4.78 is 28.2. The number of anilines is 1. The van der Waals surface area contributed by atoms with Crippen LogP contribution in [0, 0.1) is 20.8 Å². The van der Waals surface area contributed by atoms with E-state index >= 15 is 0 Å². The highest BCUT2D eigenvalue weighted by molar-refractivity contribution is 7.89. The van der Waals surface area contributed by atoms with Crippen molar-refractivity contribution in [2.45, 2.75) is 45.1 Å². The van der Waals surface area contributed by atoms with Crippen molar-refractivity contribution in [3.63, 3.8) is 0 Å². The number of piperazine rings is 1. The first-order chi connectivity index (χ1) is 16.0. The van der Waals surface area contributed by atoms with Crippen molar-refractivity contribution in [1.29, 1.82) is 0 Å². The zero-order valence-electron chi connectivity index (χ0n) is 19.9. The van der Waals surface area contributed by atoms with E-state index in [1.165, 1.54) is 11.2 Å². The van der Waals surface area contributed by atoms with Crippen LogP contribution in [0.2, 0.25) is 0 Å². The third-order valence-corrected chi connectivity index (χ3v) is 8.78. The molecule has 2 aliphatic rings. The molecule has 4 rings (SSSR count). The Bertz CT molecular complexity index is 1240. The maximum atomic E-state index is 13.4. The van der Waals surface area contributed by atoms with Crippen LogP contribution in [-0.4, -0.2) is 67.4 Å². The van der Waals surface area contributed by atoms with Crippen molar-refractivity contribution in [2.75, 3.05) is 31.1 Å². The molecule has 0 radical (unpaired) electrons. The van der Waals surface area contributed by atoms with E-state index in [4.69, 9.17) is 0 Å². The fourth-order valence-electron chi connectivity index (χ4n) is 4.98. The van der Waals surface area contributed by atoms with Crippen molar-refractivity contribution in [3.8, 4) is 0 Å². The zero-order chi connectivity index (χ0) is 24.8. The second-order valence-corrected chi connectivity index (χ2v) is 10.9. The Morgan fingerprint density at radius 2 is 1.47 bits per heavy atom. The molecule has 180 valence electrons. The Balaban J connectivity index is 1.47. The number of benzene rings is 2. The molecule has 0 aliphatic carbocycles. The molecular formula is C25H29N3O5S. The van der Waals surface area contributed by atoms with Gasteiger partial charge in [0.2, 0.25) is 15.9 Å². The molecule has 2 amide bonds. The molecule has 0 N–H and O–H groups in total. The Morgan fingerprint density at radius 3 is 2.00 bits per heavy atom. The summed E-state index contributed by atoms with van der Waals surface area (Å²) >= 11 is 0. The summed E-state index contributed by atoms with van der Waals surface area (Å²) in [7, 11) is -3.66. The summed E-state index contributed by atoms with van der Waals surface area (Å²) in [5.41, 5.74) is 3.42. The molecule has 2 aromatic rings. The van der Waals surface area contributed by atoms with Gasteiger partial charge in [-0.3, -0.25) is 19.3 Å². The standard InChI is InChI=1S/C25H29N3O5S/c1-16-13-17(2)24(18(3)14-16)34(32,33)27-11-9-26(10-12-27)22-15-23(30)28(25(22)31)21-7-5-20(6-8-21)19(4)29/h5-8,13-14,22H,9-12,15H2,1-4H3/t22-/m0/s1. The first kappa shape index (κ1) is 24.3. The first-order valence-corrected chi connectivity index (χ1v) is 12.7. The number of hydrogen-bond donors (Lipinski definition) is 0. The van der Waals surface area contributed by atoms with E-state index in [0.717, 1.165) is 21.6 Å². The van der Waals surface area contributed by atoms with Gasteiger partial charge >= 0.3 is 0 Å². The van der Waals surface area contributed by atoms with Gasteiger partial charge in [0.1, 0.15) is 0 Å². The number of amides is 2. The quantitative estimate of drug-likeness (QED) is 0.479. The molecule has 8 nitrogen and oxygen atoms in total. The van der Waals surface area contributed by atoms with E-state index < -0.39 is 16.1 Å². The highest BCUT2D eigenvalue weighted by Gasteiger charge is 2.44. The first-order valence-electron chi connectivity index (χ1n) is 11.3. The SMILES string of the molecule is CC(=O)c1ccc(N2C(=O)C[C@H](N3CCN(S(=O)(=O)c4c(C)cc(C)cc4C)CC3)C2=O)cc1. The average Bonchev–Trinajstić information content (AvgIpc) is 3.06. The number of carbonyl (C=O) groups excluding carboxylic acids is 3. The maximum absolute atomic E-state index is 13.4. The van der Waals surface area contributed by atoms with Gasteiger partial charge < -0.3 is 0 Å². The van der Waals surface area contributed by atoms with Crippen LogP contribution in [0.3, 0.4) is 0 Å². The van der Waals surface area contributed by atoms with Crippen molar-refractivity contribution >= 4 is 33.3 Å². The molecule has 2 heterocycles. The van der Waals surface area contributed by atoms with Crippen LogP contribution < -0.4 is 4.90 Å². The summed E-state index contributed by atoms with van der Waals surface area (Å²) in [4.78, 5) is 40.7. The van der Waals surface area contributed by atoms with Gasteiger partial charge in [-0.25, -0.2) is 13.3 Å². The number of ketones is 1. The lowest BCUT2D eigenvalue weighted by Crippen LogP contribution is -2.53. The molecule has 0 spiro atoms. The third kappa shape index (κ3) is 4.31. The fourth-order valence-corrected chi connectivity index (χ4v) is 6.81. The number of hydrogen-bond acceptors (Lipinski definition) is 6. The maximum Gasteiger partial charge on any atom is 0.251 e. The van der Waals surface area contributed by atoms with Gasteiger partial charge in [-0.1, -0.05) is 17.7 Å². The molecule has 0 aromatic heterocycles. The molecule has 34 heavy (non-hydrogen) atoms. The monoisotopic (exact) mass is 483 g/mol. The molecule has 2 aliphatic heterocycles. The van der Waals surface area contributed by atoms with Crippen LogP contribution in [0.1, 0.15) is 40.4 Å². The second-order valence-electron chi connectivity index (χ2n) is 9.06.